The molecule has 1 N–H and O–H groups in total. The Morgan fingerprint density at radius 1 is 1.18 bits per heavy atom. The van der Waals surface area contributed by atoms with Crippen LogP contribution in [0.4, 0.5) is 10.1 Å². The molecule has 28 heavy (non-hydrogen) atoms. The van der Waals surface area contributed by atoms with Gasteiger partial charge in [-0.05, 0) is 74.2 Å². The lowest BCUT2D eigenvalue weighted by molar-refractivity contribution is -0.119. The maximum absolute atomic E-state index is 13.1. The van der Waals surface area contributed by atoms with E-state index in [1.807, 2.05) is 13.8 Å². The molecule has 0 bridgehead atoms. The molecular weight excluding hydrogens is 383 g/mol. The van der Waals surface area contributed by atoms with E-state index in [-0.39, 0.29) is 17.3 Å². The first-order valence-corrected chi connectivity index (χ1v) is 10.4. The molecule has 1 fully saturated rings. The Labute approximate surface area is 164 Å². The number of sulfonamides is 1. The molecule has 0 aliphatic carbocycles. The van der Waals surface area contributed by atoms with Gasteiger partial charge in [-0.15, -0.1) is 0 Å². The fourth-order valence-electron chi connectivity index (χ4n) is 3.60. The number of carbonyl (C=O) groups is 1. The second kappa shape index (κ2) is 7.89. The average molecular weight is 406 g/mol. The Bertz CT molecular complexity index is 967. The number of hydrogen-bond donors (Lipinski definition) is 1. The lowest BCUT2D eigenvalue weighted by Gasteiger charge is -2.23. The minimum Gasteiger partial charge on any atom is -0.496 e. The first-order chi connectivity index (χ1) is 13.2. The van der Waals surface area contributed by atoms with E-state index in [1.165, 1.54) is 16.4 Å². The molecule has 2 aromatic carbocycles. The summed E-state index contributed by atoms with van der Waals surface area (Å²) in [5.41, 5.74) is 2.34. The number of rotatable bonds is 5. The van der Waals surface area contributed by atoms with E-state index in [9.17, 15) is 17.6 Å². The summed E-state index contributed by atoms with van der Waals surface area (Å²) in [6.45, 7) is 4.00. The summed E-state index contributed by atoms with van der Waals surface area (Å²) in [7, 11) is -2.30. The van der Waals surface area contributed by atoms with E-state index in [4.69, 9.17) is 4.74 Å². The Kier molecular flexibility index (Phi) is 5.71. The van der Waals surface area contributed by atoms with Gasteiger partial charge in [-0.25, -0.2) is 12.8 Å². The second-order valence-electron chi connectivity index (χ2n) is 6.86. The zero-order valence-electron chi connectivity index (χ0n) is 16.0. The standard InChI is InChI=1S/C20H23FN2O4S/c1-13-11-16(12-14(2)19(13)27-3)22-20(24)18-5-4-10-23(18)28(25,26)17-8-6-15(21)7-9-17/h6-9,11-12,18H,4-5,10H2,1-3H3,(H,22,24). The highest BCUT2D eigenvalue weighted by Gasteiger charge is 2.39. The highest BCUT2D eigenvalue weighted by atomic mass is 32.2. The van der Waals surface area contributed by atoms with E-state index in [1.54, 1.807) is 19.2 Å². The Hall–Kier alpha value is -2.45. The molecule has 8 heteroatoms. The molecule has 0 spiro atoms. The van der Waals surface area contributed by atoms with Gasteiger partial charge in [0.05, 0.1) is 12.0 Å². The number of anilines is 1. The molecule has 1 unspecified atom stereocenters. The smallest absolute Gasteiger partial charge is 0.243 e. The van der Waals surface area contributed by atoms with Crippen molar-refractivity contribution in [3.05, 3.63) is 53.3 Å². The van der Waals surface area contributed by atoms with Gasteiger partial charge >= 0.3 is 0 Å². The summed E-state index contributed by atoms with van der Waals surface area (Å²) in [6, 6.07) is 7.40. The van der Waals surface area contributed by atoms with E-state index < -0.39 is 21.9 Å². The molecule has 1 atom stereocenters. The molecule has 150 valence electrons. The number of nitrogens with zero attached hydrogens (tertiary/aromatic N) is 1. The number of nitrogens with one attached hydrogen (secondary N) is 1. The van der Waals surface area contributed by atoms with Crippen molar-refractivity contribution in [3.8, 4) is 5.75 Å². The quantitative estimate of drug-likeness (QED) is 0.827. The van der Waals surface area contributed by atoms with Crippen LogP contribution in [0.5, 0.6) is 5.75 Å². The lowest BCUT2D eigenvalue weighted by atomic mass is 10.1. The van der Waals surface area contributed by atoms with Gasteiger partial charge in [-0.2, -0.15) is 4.31 Å². The molecule has 1 saturated heterocycles. The van der Waals surface area contributed by atoms with Crippen LogP contribution in [0, 0.1) is 19.7 Å². The van der Waals surface area contributed by atoms with Crippen LogP contribution in [0.2, 0.25) is 0 Å². The summed E-state index contributed by atoms with van der Waals surface area (Å²) >= 11 is 0. The minimum atomic E-state index is -3.88. The predicted octanol–water partition coefficient (Wildman–Crippen LogP) is 3.24. The summed E-state index contributed by atoms with van der Waals surface area (Å²) < 4.78 is 45.5. The van der Waals surface area contributed by atoms with Crippen LogP contribution >= 0.6 is 0 Å². The molecule has 1 heterocycles. The van der Waals surface area contributed by atoms with Crippen molar-refractivity contribution >= 4 is 21.6 Å². The molecule has 0 aromatic heterocycles. The summed E-state index contributed by atoms with van der Waals surface area (Å²) in [5.74, 6) is -0.147. The van der Waals surface area contributed by atoms with Crippen molar-refractivity contribution < 1.29 is 22.3 Å². The molecule has 1 amide bonds. The first kappa shape index (κ1) is 20.3. The van der Waals surface area contributed by atoms with Gasteiger partial charge in [0.2, 0.25) is 15.9 Å². The SMILES string of the molecule is COc1c(C)cc(NC(=O)C2CCCN2S(=O)(=O)c2ccc(F)cc2)cc1C. The van der Waals surface area contributed by atoms with Gasteiger partial charge in [0.15, 0.2) is 0 Å². The van der Waals surface area contributed by atoms with Crippen LogP contribution in [-0.4, -0.2) is 38.3 Å². The third-order valence-electron chi connectivity index (χ3n) is 4.86. The van der Waals surface area contributed by atoms with Crippen LogP contribution in [0.1, 0.15) is 24.0 Å². The number of carbonyl (C=O) groups excluding carboxylic acids is 1. The summed E-state index contributed by atoms with van der Waals surface area (Å²) in [5, 5.41) is 2.82. The monoisotopic (exact) mass is 406 g/mol. The largest absolute Gasteiger partial charge is 0.496 e. The third-order valence-corrected chi connectivity index (χ3v) is 6.78. The summed E-state index contributed by atoms with van der Waals surface area (Å²) in [4.78, 5) is 12.8. The van der Waals surface area contributed by atoms with Crippen LogP contribution in [-0.2, 0) is 14.8 Å². The van der Waals surface area contributed by atoms with Crippen molar-refractivity contribution in [1.82, 2.24) is 4.31 Å². The van der Waals surface area contributed by atoms with Gasteiger partial charge in [0, 0.05) is 12.2 Å². The van der Waals surface area contributed by atoms with Crippen molar-refractivity contribution in [3.63, 3.8) is 0 Å². The van der Waals surface area contributed by atoms with Gasteiger partial charge in [0.25, 0.3) is 0 Å². The number of methoxy groups -OCH3 is 1. The second-order valence-corrected chi connectivity index (χ2v) is 8.75. The van der Waals surface area contributed by atoms with E-state index in [0.29, 0.717) is 18.5 Å². The fraction of sp³-hybridized carbons (Fsp3) is 0.350. The molecule has 1 aliphatic heterocycles. The zero-order chi connectivity index (χ0) is 20.5. The number of aryl methyl sites for hydroxylation is 2. The van der Waals surface area contributed by atoms with Gasteiger partial charge in [0.1, 0.15) is 17.6 Å². The van der Waals surface area contributed by atoms with Crippen molar-refractivity contribution in [2.24, 2.45) is 0 Å². The highest BCUT2D eigenvalue weighted by molar-refractivity contribution is 7.89. The van der Waals surface area contributed by atoms with E-state index in [0.717, 1.165) is 29.0 Å². The van der Waals surface area contributed by atoms with Crippen molar-refractivity contribution in [2.45, 2.75) is 37.6 Å². The fourth-order valence-corrected chi connectivity index (χ4v) is 5.26. The molecule has 0 saturated carbocycles. The number of benzene rings is 2. The molecule has 6 nitrogen and oxygen atoms in total. The predicted molar refractivity (Wildman–Crippen MR) is 104 cm³/mol. The van der Waals surface area contributed by atoms with Crippen molar-refractivity contribution in [1.29, 1.82) is 0 Å². The van der Waals surface area contributed by atoms with Crippen LogP contribution in [0.15, 0.2) is 41.3 Å². The van der Waals surface area contributed by atoms with Crippen LogP contribution < -0.4 is 10.1 Å². The number of ether oxygens (including phenoxy) is 1. The Balaban J connectivity index is 1.83. The van der Waals surface area contributed by atoms with Gasteiger partial charge in [-0.1, -0.05) is 0 Å². The molecular formula is C20H23FN2O4S. The minimum absolute atomic E-state index is 0.0234. The van der Waals surface area contributed by atoms with Crippen LogP contribution in [0.3, 0.4) is 0 Å². The van der Waals surface area contributed by atoms with E-state index in [2.05, 4.69) is 5.32 Å². The maximum atomic E-state index is 13.1. The molecule has 0 radical (unpaired) electrons. The van der Waals surface area contributed by atoms with E-state index >= 15 is 0 Å². The maximum Gasteiger partial charge on any atom is 0.243 e. The van der Waals surface area contributed by atoms with Gasteiger partial charge in [-0.3, -0.25) is 4.79 Å². The Morgan fingerprint density at radius 3 is 2.36 bits per heavy atom. The molecule has 3 rings (SSSR count). The van der Waals surface area contributed by atoms with Crippen LogP contribution in [0.25, 0.3) is 0 Å². The van der Waals surface area contributed by atoms with Gasteiger partial charge < -0.3 is 10.1 Å². The average Bonchev–Trinajstić information content (AvgIpc) is 3.12. The number of halogens is 1. The highest BCUT2D eigenvalue weighted by Crippen LogP contribution is 2.29. The lowest BCUT2D eigenvalue weighted by Crippen LogP contribution is -2.43. The molecule has 1 aliphatic rings. The topological polar surface area (TPSA) is 75.7 Å². The summed E-state index contributed by atoms with van der Waals surface area (Å²) in [6.07, 6.45) is 1.01. The number of hydrogen-bond acceptors (Lipinski definition) is 4. The zero-order valence-corrected chi connectivity index (χ0v) is 16.8. The normalized spacial score (nSPS) is 17.5. The Morgan fingerprint density at radius 2 is 1.79 bits per heavy atom. The van der Waals surface area contributed by atoms with Crippen molar-refractivity contribution in [2.75, 3.05) is 19.0 Å². The first-order valence-electron chi connectivity index (χ1n) is 8.97. The third kappa shape index (κ3) is 3.88. The molecule has 2 aromatic rings. The number of amides is 1.